The fourth-order valence-corrected chi connectivity index (χ4v) is 1.90. The van der Waals surface area contributed by atoms with Crippen molar-refractivity contribution in [3.8, 4) is 0 Å². The summed E-state index contributed by atoms with van der Waals surface area (Å²) in [5.41, 5.74) is 2.06. The predicted octanol–water partition coefficient (Wildman–Crippen LogP) is 0.0475. The summed E-state index contributed by atoms with van der Waals surface area (Å²) in [6.45, 7) is 0.394. The average Bonchev–Trinajstić information content (AvgIpc) is 2.46. The number of rotatable bonds is 2. The number of aromatic nitrogens is 2. The maximum absolute atomic E-state index is 11.6. The van der Waals surface area contributed by atoms with Gasteiger partial charge >= 0.3 is 0 Å². The summed E-state index contributed by atoms with van der Waals surface area (Å²) in [4.78, 5) is 11.6. The number of hydrogen-bond acceptors (Lipinski definition) is 2. The van der Waals surface area contributed by atoms with Crippen molar-refractivity contribution in [2.24, 2.45) is 0 Å². The monoisotopic (exact) mass is 182 g/mol. The van der Waals surface area contributed by atoms with Gasteiger partial charge in [0.2, 0.25) is 0 Å². The first kappa shape index (κ1) is 8.56. The van der Waals surface area contributed by atoms with Crippen LogP contribution in [0, 0.1) is 0 Å². The lowest BCUT2D eigenvalue weighted by molar-refractivity contribution is 0.267. The van der Waals surface area contributed by atoms with Gasteiger partial charge in [0.1, 0.15) is 0 Å². The topological polar surface area (TPSA) is 58.0 Å². The van der Waals surface area contributed by atoms with E-state index in [0.29, 0.717) is 6.54 Å². The smallest absolute Gasteiger partial charge is 0.270 e. The molecule has 0 saturated heterocycles. The van der Waals surface area contributed by atoms with Gasteiger partial charge in [0.25, 0.3) is 5.56 Å². The normalized spacial score (nSPS) is 15.8. The first-order valence-corrected chi connectivity index (χ1v) is 4.74. The molecule has 2 rings (SSSR count). The lowest BCUT2D eigenvalue weighted by atomic mass is 9.98. The zero-order valence-corrected chi connectivity index (χ0v) is 7.55. The lowest BCUT2D eigenvalue weighted by Gasteiger charge is -2.07. The lowest BCUT2D eigenvalue weighted by Crippen LogP contribution is -2.21. The highest BCUT2D eigenvalue weighted by Gasteiger charge is 2.16. The van der Waals surface area contributed by atoms with Crippen molar-refractivity contribution < 1.29 is 5.11 Å². The maximum atomic E-state index is 11.6. The van der Waals surface area contributed by atoms with E-state index in [9.17, 15) is 4.79 Å². The van der Waals surface area contributed by atoms with Gasteiger partial charge in [-0.3, -0.25) is 14.6 Å². The first-order valence-electron chi connectivity index (χ1n) is 4.74. The largest absolute Gasteiger partial charge is 0.394 e. The number of aliphatic hydroxyl groups excluding tert-OH is 1. The Bertz CT molecular complexity index is 351. The number of hydrogen-bond donors (Lipinski definition) is 2. The summed E-state index contributed by atoms with van der Waals surface area (Å²) in [6, 6.07) is 0. The molecule has 2 N–H and O–H groups in total. The minimum Gasteiger partial charge on any atom is -0.394 e. The number of fused-ring (bicyclic) bond motifs is 1. The summed E-state index contributed by atoms with van der Waals surface area (Å²) in [7, 11) is 0. The first-order chi connectivity index (χ1) is 6.33. The van der Waals surface area contributed by atoms with Gasteiger partial charge in [-0.25, -0.2) is 0 Å². The van der Waals surface area contributed by atoms with E-state index >= 15 is 0 Å². The SMILES string of the molecule is O=c1c2c([nH]n1CCO)CCCC2. The maximum Gasteiger partial charge on any atom is 0.270 e. The van der Waals surface area contributed by atoms with Gasteiger partial charge in [-0.05, 0) is 25.7 Å². The Hall–Kier alpha value is -1.03. The molecule has 0 radical (unpaired) electrons. The van der Waals surface area contributed by atoms with Gasteiger partial charge in [0, 0.05) is 11.3 Å². The molecule has 0 amide bonds. The zero-order valence-electron chi connectivity index (χ0n) is 7.55. The van der Waals surface area contributed by atoms with E-state index in [1.54, 1.807) is 0 Å². The number of aromatic amines is 1. The van der Waals surface area contributed by atoms with Crippen molar-refractivity contribution in [2.45, 2.75) is 32.2 Å². The minimum atomic E-state index is 0.0132. The highest BCUT2D eigenvalue weighted by molar-refractivity contribution is 5.19. The second-order valence-electron chi connectivity index (χ2n) is 3.46. The summed E-state index contributed by atoms with van der Waals surface area (Å²) >= 11 is 0. The molecule has 13 heavy (non-hydrogen) atoms. The number of H-pyrrole nitrogens is 1. The van der Waals surface area contributed by atoms with Gasteiger partial charge in [-0.1, -0.05) is 0 Å². The van der Waals surface area contributed by atoms with Crippen LogP contribution in [0.15, 0.2) is 4.79 Å². The van der Waals surface area contributed by atoms with Crippen LogP contribution >= 0.6 is 0 Å². The number of nitrogens with zero attached hydrogens (tertiary/aromatic N) is 1. The van der Waals surface area contributed by atoms with Crippen LogP contribution in [0.5, 0.6) is 0 Å². The van der Waals surface area contributed by atoms with Crippen molar-refractivity contribution in [3.05, 3.63) is 21.6 Å². The summed E-state index contributed by atoms with van der Waals surface area (Å²) in [6.07, 6.45) is 4.14. The molecule has 0 aromatic carbocycles. The highest BCUT2D eigenvalue weighted by atomic mass is 16.3. The van der Waals surface area contributed by atoms with Crippen molar-refractivity contribution in [2.75, 3.05) is 6.61 Å². The predicted molar refractivity (Wildman–Crippen MR) is 48.8 cm³/mol. The van der Waals surface area contributed by atoms with Crippen LogP contribution in [0.3, 0.4) is 0 Å². The molecule has 0 saturated carbocycles. The second kappa shape index (κ2) is 3.38. The standard InChI is InChI=1S/C9H14N2O2/c12-6-5-11-9(13)7-3-1-2-4-8(7)10-11/h10,12H,1-6H2. The van der Waals surface area contributed by atoms with Crippen LogP contribution in [0.2, 0.25) is 0 Å². The molecule has 0 unspecified atom stereocenters. The van der Waals surface area contributed by atoms with E-state index in [4.69, 9.17) is 5.11 Å². The average molecular weight is 182 g/mol. The van der Waals surface area contributed by atoms with Crippen molar-refractivity contribution >= 4 is 0 Å². The Kier molecular flexibility index (Phi) is 2.22. The van der Waals surface area contributed by atoms with Gasteiger partial charge in [-0.2, -0.15) is 0 Å². The van der Waals surface area contributed by atoms with Crippen LogP contribution in [0.25, 0.3) is 0 Å². The Balaban J connectivity index is 2.39. The van der Waals surface area contributed by atoms with Gasteiger partial charge < -0.3 is 5.11 Å². The molecular formula is C9H14N2O2. The third-order valence-electron chi connectivity index (χ3n) is 2.56. The molecule has 1 aliphatic carbocycles. The number of aryl methyl sites for hydroxylation is 1. The molecule has 0 fully saturated rings. The van der Waals surface area contributed by atoms with Crippen LogP contribution < -0.4 is 5.56 Å². The van der Waals surface area contributed by atoms with E-state index in [2.05, 4.69) is 5.10 Å². The Morgan fingerprint density at radius 2 is 2.15 bits per heavy atom. The summed E-state index contributed by atoms with van der Waals surface area (Å²) in [5.74, 6) is 0. The van der Waals surface area contributed by atoms with Gasteiger partial charge in [-0.15, -0.1) is 0 Å². The Morgan fingerprint density at radius 1 is 1.38 bits per heavy atom. The van der Waals surface area contributed by atoms with E-state index in [0.717, 1.165) is 36.9 Å². The molecule has 1 aromatic rings. The molecule has 4 heteroatoms. The van der Waals surface area contributed by atoms with Crippen molar-refractivity contribution in [1.82, 2.24) is 9.78 Å². The Morgan fingerprint density at radius 3 is 2.85 bits per heavy atom. The van der Waals surface area contributed by atoms with E-state index in [1.165, 1.54) is 4.68 Å². The third-order valence-corrected chi connectivity index (χ3v) is 2.56. The molecule has 1 heterocycles. The summed E-state index contributed by atoms with van der Waals surface area (Å²) in [5, 5.41) is 11.8. The number of aliphatic hydroxyl groups is 1. The fourth-order valence-electron chi connectivity index (χ4n) is 1.90. The third kappa shape index (κ3) is 1.42. The minimum absolute atomic E-state index is 0.0132. The summed E-state index contributed by atoms with van der Waals surface area (Å²) < 4.78 is 1.51. The van der Waals surface area contributed by atoms with E-state index in [-0.39, 0.29) is 12.2 Å². The van der Waals surface area contributed by atoms with Gasteiger partial charge in [0.15, 0.2) is 0 Å². The van der Waals surface area contributed by atoms with Crippen LogP contribution in [-0.2, 0) is 19.4 Å². The van der Waals surface area contributed by atoms with E-state index in [1.807, 2.05) is 0 Å². The zero-order chi connectivity index (χ0) is 9.26. The molecular weight excluding hydrogens is 168 g/mol. The fraction of sp³-hybridized carbons (Fsp3) is 0.667. The molecule has 0 aliphatic heterocycles. The quantitative estimate of drug-likeness (QED) is 0.679. The molecule has 72 valence electrons. The van der Waals surface area contributed by atoms with Crippen LogP contribution in [0.1, 0.15) is 24.1 Å². The molecule has 1 aliphatic rings. The Labute approximate surface area is 76.2 Å². The number of nitrogens with one attached hydrogen (secondary N) is 1. The van der Waals surface area contributed by atoms with Crippen LogP contribution in [0.4, 0.5) is 0 Å². The molecule has 0 bridgehead atoms. The highest BCUT2D eigenvalue weighted by Crippen LogP contribution is 2.15. The van der Waals surface area contributed by atoms with Crippen molar-refractivity contribution in [1.29, 1.82) is 0 Å². The molecule has 4 nitrogen and oxygen atoms in total. The molecule has 1 aromatic heterocycles. The molecule has 0 spiro atoms. The van der Waals surface area contributed by atoms with Crippen molar-refractivity contribution in [3.63, 3.8) is 0 Å². The van der Waals surface area contributed by atoms with Gasteiger partial charge in [0.05, 0.1) is 13.2 Å². The van der Waals surface area contributed by atoms with Crippen LogP contribution in [-0.4, -0.2) is 21.5 Å². The van der Waals surface area contributed by atoms with E-state index < -0.39 is 0 Å². The molecule has 0 atom stereocenters. The second-order valence-corrected chi connectivity index (χ2v) is 3.46.